The van der Waals surface area contributed by atoms with Crippen molar-refractivity contribution in [3.63, 3.8) is 0 Å². The molecule has 0 fully saturated rings. The number of fused-ring (bicyclic) bond motifs is 1. The molecule has 0 amide bonds. The van der Waals surface area contributed by atoms with E-state index in [9.17, 15) is 8.42 Å². The second kappa shape index (κ2) is 9.12. The Labute approximate surface area is 200 Å². The summed E-state index contributed by atoms with van der Waals surface area (Å²) in [7, 11) is -3.63. The molecule has 5 rings (SSSR count). The van der Waals surface area contributed by atoms with E-state index in [0.717, 1.165) is 38.9 Å². The van der Waals surface area contributed by atoms with Crippen molar-refractivity contribution in [2.75, 3.05) is 10.6 Å². The summed E-state index contributed by atoms with van der Waals surface area (Å²) in [5.74, 6) is 0. The molecule has 5 aromatic rings. The zero-order valence-electron chi connectivity index (χ0n) is 18.8. The van der Waals surface area contributed by atoms with E-state index in [1.165, 1.54) is 10.6 Å². The lowest BCUT2D eigenvalue weighted by atomic mass is 9.95. The molecular weight excluding hydrogens is 440 g/mol. The van der Waals surface area contributed by atoms with Crippen LogP contribution in [-0.4, -0.2) is 19.7 Å². The molecule has 0 bridgehead atoms. The van der Waals surface area contributed by atoms with Gasteiger partial charge in [-0.3, -0.25) is 4.31 Å². The third kappa shape index (κ3) is 4.30. The van der Waals surface area contributed by atoms with Gasteiger partial charge in [0.15, 0.2) is 0 Å². The van der Waals surface area contributed by atoms with Crippen molar-refractivity contribution in [1.29, 1.82) is 0 Å². The van der Waals surface area contributed by atoms with E-state index in [2.05, 4.69) is 0 Å². The molecule has 1 aromatic heterocycles. The maximum Gasteiger partial charge on any atom is 0.232 e. The van der Waals surface area contributed by atoms with Gasteiger partial charge in [-0.1, -0.05) is 109 Å². The van der Waals surface area contributed by atoms with Gasteiger partial charge in [0, 0.05) is 16.5 Å². The Balaban J connectivity index is 1.91. The van der Waals surface area contributed by atoms with Gasteiger partial charge in [0.1, 0.15) is 0 Å². The first-order valence-corrected chi connectivity index (χ1v) is 12.9. The van der Waals surface area contributed by atoms with Gasteiger partial charge in [-0.05, 0) is 17.2 Å². The van der Waals surface area contributed by atoms with Crippen LogP contribution in [0.4, 0.5) is 5.69 Å². The van der Waals surface area contributed by atoms with Gasteiger partial charge in [-0.25, -0.2) is 13.4 Å². The van der Waals surface area contributed by atoms with Crippen molar-refractivity contribution in [1.82, 2.24) is 4.98 Å². The molecule has 4 aromatic carbocycles. The fourth-order valence-corrected chi connectivity index (χ4v) is 5.15. The number of benzene rings is 4. The number of para-hydroxylation sites is 1. The smallest absolute Gasteiger partial charge is 0.232 e. The largest absolute Gasteiger partial charge is 0.265 e. The van der Waals surface area contributed by atoms with E-state index in [1.807, 2.05) is 115 Å². The Bertz CT molecular complexity index is 1540. The first-order valence-electron chi connectivity index (χ1n) is 11.1. The Morgan fingerprint density at radius 2 is 1.21 bits per heavy atom. The van der Waals surface area contributed by atoms with Crippen LogP contribution in [-0.2, 0) is 16.6 Å². The van der Waals surface area contributed by atoms with Crippen LogP contribution in [0.5, 0.6) is 0 Å². The summed E-state index contributed by atoms with van der Waals surface area (Å²) in [6.07, 6.45) is 1.27. The summed E-state index contributed by atoms with van der Waals surface area (Å²) >= 11 is 0. The van der Waals surface area contributed by atoms with Crippen molar-refractivity contribution in [2.24, 2.45) is 0 Å². The van der Waals surface area contributed by atoms with Crippen molar-refractivity contribution < 1.29 is 8.42 Å². The van der Waals surface area contributed by atoms with Crippen LogP contribution in [0.3, 0.4) is 0 Å². The van der Waals surface area contributed by atoms with Crippen molar-refractivity contribution in [2.45, 2.75) is 6.54 Å². The van der Waals surface area contributed by atoms with Crippen LogP contribution in [0.2, 0.25) is 0 Å². The highest BCUT2D eigenvalue weighted by atomic mass is 32.2. The minimum Gasteiger partial charge on any atom is -0.265 e. The second-order valence-electron chi connectivity index (χ2n) is 8.19. The Morgan fingerprint density at radius 1 is 0.676 bits per heavy atom. The lowest BCUT2D eigenvalue weighted by molar-refractivity contribution is 0.596. The highest BCUT2D eigenvalue weighted by molar-refractivity contribution is 7.92. The van der Waals surface area contributed by atoms with Crippen molar-refractivity contribution in [3.8, 4) is 22.4 Å². The number of hydrogen-bond acceptors (Lipinski definition) is 3. The Hall–Kier alpha value is -3.96. The molecule has 1 heterocycles. The zero-order chi connectivity index (χ0) is 23.5. The van der Waals surface area contributed by atoms with E-state index in [-0.39, 0.29) is 6.54 Å². The average molecular weight is 465 g/mol. The summed E-state index contributed by atoms with van der Waals surface area (Å²) < 4.78 is 28.1. The van der Waals surface area contributed by atoms with Crippen LogP contribution < -0.4 is 4.31 Å². The minimum atomic E-state index is -3.63. The predicted octanol–water partition coefficient (Wildman–Crippen LogP) is 6.54. The summed E-state index contributed by atoms with van der Waals surface area (Å²) in [5.41, 5.74) is 5.70. The Morgan fingerprint density at radius 3 is 1.82 bits per heavy atom. The van der Waals surface area contributed by atoms with Gasteiger partial charge in [0.2, 0.25) is 10.0 Å². The van der Waals surface area contributed by atoms with Crippen molar-refractivity contribution in [3.05, 3.63) is 121 Å². The van der Waals surface area contributed by atoms with Crippen molar-refractivity contribution >= 4 is 26.6 Å². The summed E-state index contributed by atoms with van der Waals surface area (Å²) in [5, 5.41) is 0.794. The fraction of sp³-hybridized carbons (Fsp3) is 0.0690. The monoisotopic (exact) mass is 464 g/mol. The van der Waals surface area contributed by atoms with E-state index in [1.54, 1.807) is 0 Å². The van der Waals surface area contributed by atoms with E-state index >= 15 is 0 Å². The average Bonchev–Trinajstić information content (AvgIpc) is 2.87. The molecular formula is C29H24N2O2S. The second-order valence-corrected chi connectivity index (χ2v) is 10.1. The molecule has 5 heteroatoms. The van der Waals surface area contributed by atoms with Gasteiger partial charge >= 0.3 is 0 Å². The molecule has 0 aliphatic heterocycles. The summed E-state index contributed by atoms with van der Waals surface area (Å²) in [4.78, 5) is 5.03. The van der Waals surface area contributed by atoms with Crippen LogP contribution in [0, 0.1) is 0 Å². The molecule has 0 radical (unpaired) electrons. The number of sulfonamides is 1. The lowest BCUT2D eigenvalue weighted by Crippen LogP contribution is -2.30. The first-order chi connectivity index (χ1) is 16.5. The quantitative estimate of drug-likeness (QED) is 0.287. The normalized spacial score (nSPS) is 11.4. The van der Waals surface area contributed by atoms with Gasteiger partial charge < -0.3 is 0 Å². The van der Waals surface area contributed by atoms with E-state index in [4.69, 9.17) is 4.98 Å². The predicted molar refractivity (Wildman–Crippen MR) is 140 cm³/mol. The molecule has 0 unspecified atom stereocenters. The van der Waals surface area contributed by atoms with Gasteiger partial charge in [0.05, 0.1) is 29.7 Å². The lowest BCUT2D eigenvalue weighted by Gasteiger charge is -2.28. The van der Waals surface area contributed by atoms with Crippen LogP contribution >= 0.6 is 0 Å². The number of rotatable bonds is 6. The molecule has 0 N–H and O–H groups in total. The number of nitrogens with zero attached hydrogens (tertiary/aromatic N) is 2. The van der Waals surface area contributed by atoms with Gasteiger partial charge in [0.25, 0.3) is 0 Å². The molecule has 0 spiro atoms. The molecule has 0 aliphatic rings. The number of hydrogen-bond donors (Lipinski definition) is 0. The van der Waals surface area contributed by atoms with Crippen LogP contribution in [0.15, 0.2) is 115 Å². The molecule has 168 valence electrons. The van der Waals surface area contributed by atoms with Crippen LogP contribution in [0.25, 0.3) is 33.3 Å². The number of pyridine rings is 1. The standard InChI is InChI=1S/C29H24N2O2S/c1-34(32,33)31(21-22-13-5-2-6-14-22)29-25-19-11-12-20-26(25)30-28(24-17-9-4-10-18-24)27(29)23-15-7-3-8-16-23/h2-20H,21H2,1H3. The maximum atomic E-state index is 13.3. The summed E-state index contributed by atoms with van der Waals surface area (Å²) in [6.45, 7) is 0.224. The van der Waals surface area contributed by atoms with E-state index < -0.39 is 10.0 Å². The molecule has 0 atom stereocenters. The fourth-order valence-electron chi connectivity index (χ4n) is 4.25. The third-order valence-corrected chi connectivity index (χ3v) is 6.91. The van der Waals surface area contributed by atoms with Gasteiger partial charge in [-0.15, -0.1) is 0 Å². The molecule has 0 saturated heterocycles. The number of anilines is 1. The highest BCUT2D eigenvalue weighted by Crippen LogP contribution is 2.44. The van der Waals surface area contributed by atoms with Gasteiger partial charge in [-0.2, -0.15) is 0 Å². The number of aromatic nitrogens is 1. The first kappa shape index (κ1) is 21.9. The minimum absolute atomic E-state index is 0.224. The highest BCUT2D eigenvalue weighted by Gasteiger charge is 2.27. The Kier molecular flexibility index (Phi) is 5.86. The maximum absolute atomic E-state index is 13.3. The molecule has 4 nitrogen and oxygen atoms in total. The SMILES string of the molecule is CS(=O)(=O)N(Cc1ccccc1)c1c(-c2ccccc2)c(-c2ccccc2)nc2ccccc12. The molecule has 0 aliphatic carbocycles. The van der Waals surface area contributed by atoms with E-state index in [0.29, 0.717) is 5.69 Å². The zero-order valence-corrected chi connectivity index (χ0v) is 19.6. The molecule has 34 heavy (non-hydrogen) atoms. The third-order valence-electron chi connectivity index (χ3n) is 5.79. The van der Waals surface area contributed by atoms with Crippen LogP contribution in [0.1, 0.15) is 5.56 Å². The summed E-state index contributed by atoms with van der Waals surface area (Å²) in [6, 6.07) is 37.2. The topological polar surface area (TPSA) is 50.3 Å². The molecule has 0 saturated carbocycles.